The van der Waals surface area contributed by atoms with Gasteiger partial charge in [-0.15, -0.1) is 0 Å². The lowest BCUT2D eigenvalue weighted by Crippen LogP contribution is -1.92. The molecule has 82 valence electrons. The van der Waals surface area contributed by atoms with Crippen LogP contribution in [0.5, 0.6) is 0 Å². The second-order valence-corrected chi connectivity index (χ2v) is 4.81. The first-order valence-corrected chi connectivity index (χ1v) is 6.04. The summed E-state index contributed by atoms with van der Waals surface area (Å²) in [7, 11) is 0. The molecule has 1 aromatic carbocycles. The molecule has 0 unspecified atom stereocenters. The molecule has 0 saturated heterocycles. The number of anilines is 2. The van der Waals surface area contributed by atoms with Crippen LogP contribution < -0.4 is 5.32 Å². The number of halogens is 3. The van der Waals surface area contributed by atoms with E-state index in [1.165, 1.54) is 0 Å². The quantitative estimate of drug-likeness (QED) is 0.852. The third-order valence-corrected chi connectivity index (χ3v) is 3.38. The summed E-state index contributed by atoms with van der Waals surface area (Å²) < 4.78 is 0.865. The average molecular weight is 318 g/mol. The van der Waals surface area contributed by atoms with Crippen LogP contribution in [0.3, 0.4) is 0 Å². The Bertz CT molecular complexity index is 500. The highest BCUT2D eigenvalue weighted by Gasteiger charge is 2.00. The second-order valence-electron chi connectivity index (χ2n) is 3.12. The molecule has 2 aromatic rings. The fraction of sp³-hybridized carbons (Fsp3) is 0. The normalized spacial score (nSPS) is 10.2. The number of benzene rings is 1. The Morgan fingerprint density at radius 2 is 1.94 bits per heavy atom. The number of nitrogens with zero attached hydrogens (tertiary/aromatic N) is 1. The maximum Gasteiger partial charge on any atom is 0.130 e. The monoisotopic (exact) mass is 316 g/mol. The lowest BCUT2D eigenvalue weighted by molar-refractivity contribution is 1.31. The molecule has 0 spiro atoms. The number of nitrogens with one attached hydrogen (secondary N) is 1. The molecule has 0 aliphatic carbocycles. The molecular formula is C11H7BrCl2N2. The highest BCUT2D eigenvalue weighted by molar-refractivity contribution is 9.10. The lowest BCUT2D eigenvalue weighted by Gasteiger charge is -2.06. The van der Waals surface area contributed by atoms with Crippen molar-refractivity contribution >= 4 is 50.6 Å². The summed E-state index contributed by atoms with van der Waals surface area (Å²) in [4.78, 5) is 4.13. The van der Waals surface area contributed by atoms with Gasteiger partial charge in [-0.1, -0.05) is 23.2 Å². The molecule has 0 atom stereocenters. The van der Waals surface area contributed by atoms with Crippen molar-refractivity contribution < 1.29 is 0 Å². The first-order valence-electron chi connectivity index (χ1n) is 4.49. The predicted molar refractivity (Wildman–Crippen MR) is 71.7 cm³/mol. The van der Waals surface area contributed by atoms with E-state index in [2.05, 4.69) is 26.2 Å². The Morgan fingerprint density at radius 3 is 2.56 bits per heavy atom. The van der Waals surface area contributed by atoms with Gasteiger partial charge in [0.05, 0.1) is 10.0 Å². The summed E-state index contributed by atoms with van der Waals surface area (Å²) in [6, 6.07) is 9.18. The first kappa shape index (κ1) is 11.7. The minimum atomic E-state index is 0.611. The highest BCUT2D eigenvalue weighted by atomic mass is 79.9. The van der Waals surface area contributed by atoms with E-state index < -0.39 is 0 Å². The minimum absolute atomic E-state index is 0.611. The first-order chi connectivity index (χ1) is 7.65. The molecule has 0 aliphatic rings. The Hall–Kier alpha value is -0.770. The molecule has 0 bridgehead atoms. The molecule has 1 heterocycles. The predicted octanol–water partition coefficient (Wildman–Crippen LogP) is 4.89. The van der Waals surface area contributed by atoms with Crippen molar-refractivity contribution in [2.75, 3.05) is 5.32 Å². The fourth-order valence-corrected chi connectivity index (χ4v) is 1.71. The number of hydrogen-bond donors (Lipinski definition) is 1. The van der Waals surface area contributed by atoms with Gasteiger partial charge in [-0.25, -0.2) is 4.98 Å². The standard InChI is InChI=1S/C11H7BrCl2N2/c12-9-3-2-8(5-10(9)14)16-11-4-1-7(13)6-15-11/h1-6H,(H,15,16). The van der Waals surface area contributed by atoms with Crippen molar-refractivity contribution in [2.24, 2.45) is 0 Å². The van der Waals surface area contributed by atoms with Crippen LogP contribution in [0.1, 0.15) is 0 Å². The van der Waals surface area contributed by atoms with Crippen LogP contribution in [0.15, 0.2) is 41.0 Å². The van der Waals surface area contributed by atoms with Crippen LogP contribution in [0.25, 0.3) is 0 Å². The van der Waals surface area contributed by atoms with Crippen molar-refractivity contribution in [3.8, 4) is 0 Å². The Balaban J connectivity index is 2.20. The van der Waals surface area contributed by atoms with Gasteiger partial charge < -0.3 is 5.32 Å². The number of aromatic nitrogens is 1. The molecule has 0 aliphatic heterocycles. The molecule has 0 radical (unpaired) electrons. The van der Waals surface area contributed by atoms with Gasteiger partial charge in [0, 0.05) is 16.4 Å². The molecule has 2 rings (SSSR count). The average Bonchev–Trinajstić information content (AvgIpc) is 2.27. The molecule has 0 saturated carbocycles. The third kappa shape index (κ3) is 2.88. The zero-order chi connectivity index (χ0) is 11.5. The van der Waals surface area contributed by atoms with Gasteiger partial charge in [0.25, 0.3) is 0 Å². The van der Waals surface area contributed by atoms with Gasteiger partial charge in [0.2, 0.25) is 0 Å². The zero-order valence-corrected chi connectivity index (χ0v) is 11.1. The number of hydrogen-bond acceptors (Lipinski definition) is 2. The minimum Gasteiger partial charge on any atom is -0.340 e. The Kier molecular flexibility index (Phi) is 3.69. The van der Waals surface area contributed by atoms with Gasteiger partial charge >= 0.3 is 0 Å². The fourth-order valence-electron chi connectivity index (χ4n) is 1.17. The summed E-state index contributed by atoms with van der Waals surface area (Å²) in [5.74, 6) is 0.725. The van der Waals surface area contributed by atoms with Crippen molar-refractivity contribution in [2.45, 2.75) is 0 Å². The highest BCUT2D eigenvalue weighted by Crippen LogP contribution is 2.26. The summed E-state index contributed by atoms with van der Waals surface area (Å²) in [5, 5.41) is 4.39. The van der Waals surface area contributed by atoms with Gasteiger partial charge in [-0.3, -0.25) is 0 Å². The summed E-state index contributed by atoms with van der Waals surface area (Å²) in [5.41, 5.74) is 0.878. The Morgan fingerprint density at radius 1 is 1.12 bits per heavy atom. The van der Waals surface area contributed by atoms with Crippen LogP contribution >= 0.6 is 39.1 Å². The zero-order valence-electron chi connectivity index (χ0n) is 8.05. The molecule has 2 nitrogen and oxygen atoms in total. The van der Waals surface area contributed by atoms with Crippen LogP contribution in [-0.2, 0) is 0 Å². The number of rotatable bonds is 2. The van der Waals surface area contributed by atoms with E-state index in [4.69, 9.17) is 23.2 Å². The summed E-state index contributed by atoms with van der Waals surface area (Å²) in [6.07, 6.45) is 1.59. The van der Waals surface area contributed by atoms with Gasteiger partial charge in [0.15, 0.2) is 0 Å². The van der Waals surface area contributed by atoms with E-state index in [0.717, 1.165) is 16.0 Å². The van der Waals surface area contributed by atoms with E-state index in [1.54, 1.807) is 18.3 Å². The van der Waals surface area contributed by atoms with Crippen LogP contribution in [0.2, 0.25) is 10.0 Å². The molecule has 1 N–H and O–H groups in total. The topological polar surface area (TPSA) is 24.9 Å². The van der Waals surface area contributed by atoms with E-state index in [1.807, 2.05) is 18.2 Å². The van der Waals surface area contributed by atoms with E-state index in [-0.39, 0.29) is 0 Å². The Labute approximate surface area is 112 Å². The van der Waals surface area contributed by atoms with Crippen LogP contribution in [0.4, 0.5) is 11.5 Å². The van der Waals surface area contributed by atoms with Crippen molar-refractivity contribution in [3.63, 3.8) is 0 Å². The van der Waals surface area contributed by atoms with E-state index in [9.17, 15) is 0 Å². The third-order valence-electron chi connectivity index (χ3n) is 1.92. The van der Waals surface area contributed by atoms with Crippen molar-refractivity contribution in [1.29, 1.82) is 0 Å². The van der Waals surface area contributed by atoms with E-state index >= 15 is 0 Å². The summed E-state index contributed by atoms with van der Waals surface area (Å²) >= 11 is 15.1. The molecular weight excluding hydrogens is 311 g/mol. The molecule has 1 aromatic heterocycles. The number of pyridine rings is 1. The largest absolute Gasteiger partial charge is 0.340 e. The summed E-state index contributed by atoms with van der Waals surface area (Å²) in [6.45, 7) is 0. The van der Waals surface area contributed by atoms with Crippen molar-refractivity contribution in [3.05, 3.63) is 51.0 Å². The van der Waals surface area contributed by atoms with E-state index in [0.29, 0.717) is 10.0 Å². The molecule has 0 fully saturated rings. The van der Waals surface area contributed by atoms with Crippen molar-refractivity contribution in [1.82, 2.24) is 4.98 Å². The lowest BCUT2D eigenvalue weighted by atomic mass is 10.3. The van der Waals surface area contributed by atoms with Crippen LogP contribution in [-0.4, -0.2) is 4.98 Å². The smallest absolute Gasteiger partial charge is 0.130 e. The second kappa shape index (κ2) is 5.04. The van der Waals surface area contributed by atoms with Gasteiger partial charge in [-0.05, 0) is 46.3 Å². The SMILES string of the molecule is Clc1ccc(Nc2ccc(Br)c(Cl)c2)nc1. The van der Waals surface area contributed by atoms with Gasteiger partial charge in [-0.2, -0.15) is 0 Å². The molecule has 16 heavy (non-hydrogen) atoms. The maximum absolute atomic E-state index is 5.98. The van der Waals surface area contributed by atoms with Gasteiger partial charge in [0.1, 0.15) is 5.82 Å². The molecule has 0 amide bonds. The maximum atomic E-state index is 5.98. The molecule has 5 heteroatoms. The van der Waals surface area contributed by atoms with Crippen LogP contribution in [0, 0.1) is 0 Å².